The lowest BCUT2D eigenvalue weighted by Crippen LogP contribution is -2.61. The van der Waals surface area contributed by atoms with Crippen molar-refractivity contribution in [3.8, 4) is 17.0 Å². The van der Waals surface area contributed by atoms with Crippen molar-refractivity contribution in [1.82, 2.24) is 14.8 Å². The van der Waals surface area contributed by atoms with Crippen molar-refractivity contribution < 1.29 is 9.53 Å². The zero-order valence-electron chi connectivity index (χ0n) is 19.9. The van der Waals surface area contributed by atoms with Crippen molar-refractivity contribution in [2.75, 3.05) is 33.3 Å². The molecule has 0 saturated carbocycles. The highest BCUT2D eigenvalue weighted by atomic mass is 16.5. The molecular formula is C29H33N3O2. The van der Waals surface area contributed by atoms with E-state index in [4.69, 9.17) is 4.74 Å². The topological polar surface area (TPSA) is 48.6 Å². The largest absolute Gasteiger partial charge is 0.497 e. The summed E-state index contributed by atoms with van der Waals surface area (Å²) < 4.78 is 5.22. The number of piperidine rings is 1. The molecule has 3 heterocycles. The van der Waals surface area contributed by atoms with E-state index in [2.05, 4.69) is 45.1 Å². The molecule has 2 saturated heterocycles. The Balaban J connectivity index is 1.03. The maximum atomic E-state index is 12.8. The number of fused-ring (bicyclic) bond motifs is 1. The second kappa shape index (κ2) is 8.62. The number of amides is 1. The van der Waals surface area contributed by atoms with Crippen LogP contribution in [0, 0.1) is 5.41 Å². The lowest BCUT2D eigenvalue weighted by atomic mass is 9.71. The van der Waals surface area contributed by atoms with Gasteiger partial charge in [0.25, 0.3) is 0 Å². The van der Waals surface area contributed by atoms with Crippen LogP contribution < -0.4 is 4.74 Å². The zero-order valence-corrected chi connectivity index (χ0v) is 19.9. The van der Waals surface area contributed by atoms with Gasteiger partial charge in [0.1, 0.15) is 5.75 Å². The van der Waals surface area contributed by atoms with Crippen LogP contribution >= 0.6 is 0 Å². The van der Waals surface area contributed by atoms with E-state index in [1.165, 1.54) is 48.3 Å². The van der Waals surface area contributed by atoms with Crippen LogP contribution in [0.5, 0.6) is 5.75 Å². The number of benzene rings is 2. The van der Waals surface area contributed by atoms with E-state index < -0.39 is 0 Å². The van der Waals surface area contributed by atoms with Gasteiger partial charge in [0.2, 0.25) is 5.91 Å². The number of ether oxygens (including phenoxy) is 1. The molecular weight excluding hydrogens is 422 g/mol. The zero-order chi connectivity index (χ0) is 23.1. The Morgan fingerprint density at radius 2 is 1.88 bits per heavy atom. The molecule has 34 heavy (non-hydrogen) atoms. The number of nitrogens with one attached hydrogen (secondary N) is 1. The smallest absolute Gasteiger partial charge is 0.226 e. The fraction of sp³-hybridized carbons (Fsp3) is 0.414. The van der Waals surface area contributed by atoms with E-state index in [-0.39, 0.29) is 5.91 Å². The van der Waals surface area contributed by atoms with Crippen LogP contribution in [0.2, 0.25) is 0 Å². The highest BCUT2D eigenvalue weighted by Gasteiger charge is 2.48. The average molecular weight is 456 g/mol. The van der Waals surface area contributed by atoms with Crippen molar-refractivity contribution >= 4 is 5.91 Å². The van der Waals surface area contributed by atoms with Crippen molar-refractivity contribution in [2.45, 2.75) is 38.1 Å². The highest BCUT2D eigenvalue weighted by Crippen LogP contribution is 2.48. The number of carbonyl (C=O) groups excluding carboxylic acids is 1. The van der Waals surface area contributed by atoms with E-state index in [0.29, 0.717) is 17.9 Å². The van der Waals surface area contributed by atoms with Crippen molar-refractivity contribution in [2.24, 2.45) is 5.41 Å². The summed E-state index contributed by atoms with van der Waals surface area (Å²) >= 11 is 0. The number of nitrogens with zero attached hydrogens (tertiary/aromatic N) is 2. The molecule has 2 aromatic carbocycles. The van der Waals surface area contributed by atoms with Crippen molar-refractivity contribution in [1.29, 1.82) is 0 Å². The molecule has 6 rings (SSSR count). The molecule has 3 aromatic rings. The number of hydrogen-bond acceptors (Lipinski definition) is 3. The molecule has 5 heteroatoms. The van der Waals surface area contributed by atoms with Crippen LogP contribution in [0.1, 0.15) is 42.0 Å². The number of carbonyl (C=O) groups is 1. The molecule has 2 fully saturated rings. The molecule has 1 N–H and O–H groups in total. The Morgan fingerprint density at radius 1 is 1.09 bits per heavy atom. The van der Waals surface area contributed by atoms with Gasteiger partial charge in [-0.05, 0) is 83.7 Å². The van der Waals surface area contributed by atoms with Gasteiger partial charge >= 0.3 is 0 Å². The van der Waals surface area contributed by atoms with Gasteiger partial charge in [-0.3, -0.25) is 9.69 Å². The van der Waals surface area contributed by atoms with E-state index in [1.54, 1.807) is 7.11 Å². The lowest BCUT2D eigenvalue weighted by molar-refractivity contribution is -0.136. The van der Waals surface area contributed by atoms with Gasteiger partial charge in [-0.2, -0.15) is 0 Å². The van der Waals surface area contributed by atoms with Crippen LogP contribution in [0.25, 0.3) is 11.3 Å². The summed E-state index contributed by atoms with van der Waals surface area (Å²) in [4.78, 5) is 20.9. The van der Waals surface area contributed by atoms with Gasteiger partial charge < -0.3 is 14.6 Å². The Labute approximate surface area is 201 Å². The third kappa shape index (κ3) is 3.92. The summed E-state index contributed by atoms with van der Waals surface area (Å²) in [6.07, 6.45) is 7.12. The van der Waals surface area contributed by atoms with Gasteiger partial charge in [-0.15, -0.1) is 0 Å². The molecule has 1 aromatic heterocycles. The maximum absolute atomic E-state index is 12.8. The number of likely N-dealkylation sites (tertiary alicyclic amines) is 2. The van der Waals surface area contributed by atoms with Crippen LogP contribution in [0.4, 0.5) is 0 Å². The number of rotatable bonds is 5. The first-order valence-corrected chi connectivity index (χ1v) is 12.5. The molecule has 1 unspecified atom stereocenters. The molecule has 1 atom stereocenters. The molecule has 3 aliphatic rings. The molecule has 0 bridgehead atoms. The van der Waals surface area contributed by atoms with Gasteiger partial charge in [0, 0.05) is 44.1 Å². The highest BCUT2D eigenvalue weighted by molar-refractivity contribution is 5.79. The minimum Gasteiger partial charge on any atom is -0.497 e. The monoisotopic (exact) mass is 455 g/mol. The normalized spacial score (nSPS) is 21.3. The lowest BCUT2D eigenvalue weighted by Gasteiger charge is -2.56. The van der Waals surface area contributed by atoms with Crippen LogP contribution in [-0.4, -0.2) is 54.0 Å². The SMILES string of the molecule is COc1ccc(CC(=O)N2CCC3(CC2)CN(C2CCc4cc(-c5ccc[nH]5)ccc42)C3)cc1. The quantitative estimate of drug-likeness (QED) is 0.599. The summed E-state index contributed by atoms with van der Waals surface area (Å²) in [6.45, 7) is 4.14. The third-order valence-corrected chi connectivity index (χ3v) is 8.31. The summed E-state index contributed by atoms with van der Waals surface area (Å²) in [7, 11) is 1.66. The number of H-pyrrole nitrogens is 1. The second-order valence-electron chi connectivity index (χ2n) is 10.4. The summed E-state index contributed by atoms with van der Waals surface area (Å²) in [6, 6.07) is 19.6. The van der Waals surface area contributed by atoms with Crippen LogP contribution in [0.3, 0.4) is 0 Å². The van der Waals surface area contributed by atoms with E-state index in [1.807, 2.05) is 30.5 Å². The molecule has 0 radical (unpaired) electrons. The van der Waals surface area contributed by atoms with Crippen LogP contribution in [0.15, 0.2) is 60.8 Å². The number of aromatic nitrogens is 1. The van der Waals surface area contributed by atoms with Crippen molar-refractivity contribution in [3.63, 3.8) is 0 Å². The average Bonchev–Trinajstić information content (AvgIpc) is 3.53. The minimum atomic E-state index is 0.249. The van der Waals surface area contributed by atoms with E-state index >= 15 is 0 Å². The fourth-order valence-electron chi connectivity index (χ4n) is 6.26. The first-order chi connectivity index (χ1) is 16.6. The molecule has 1 amide bonds. The summed E-state index contributed by atoms with van der Waals surface area (Å²) in [5.74, 6) is 1.08. The third-order valence-electron chi connectivity index (χ3n) is 8.31. The maximum Gasteiger partial charge on any atom is 0.226 e. The predicted octanol–water partition coefficient (Wildman–Crippen LogP) is 4.84. The van der Waals surface area contributed by atoms with Gasteiger partial charge in [0.05, 0.1) is 13.5 Å². The molecule has 5 nitrogen and oxygen atoms in total. The van der Waals surface area contributed by atoms with Gasteiger partial charge in [0.15, 0.2) is 0 Å². The molecule has 1 aliphatic carbocycles. The van der Waals surface area contributed by atoms with Crippen molar-refractivity contribution in [3.05, 3.63) is 77.5 Å². The van der Waals surface area contributed by atoms with Gasteiger partial charge in [-0.25, -0.2) is 0 Å². The molecule has 1 spiro atoms. The fourth-order valence-corrected chi connectivity index (χ4v) is 6.26. The van der Waals surface area contributed by atoms with E-state index in [0.717, 1.165) is 37.2 Å². The minimum absolute atomic E-state index is 0.249. The number of aryl methyl sites for hydroxylation is 1. The number of methoxy groups -OCH3 is 1. The second-order valence-corrected chi connectivity index (χ2v) is 10.4. The Kier molecular flexibility index (Phi) is 5.45. The Bertz CT molecular complexity index is 1150. The first-order valence-electron chi connectivity index (χ1n) is 12.5. The van der Waals surface area contributed by atoms with E-state index in [9.17, 15) is 4.79 Å². The summed E-state index contributed by atoms with van der Waals surface area (Å²) in [5.41, 5.74) is 6.98. The standard InChI is InChI=1S/C29H33N3O2/c1-34-24-8-4-21(5-9-24)17-28(33)31-15-12-29(13-16-31)19-32(20-29)27-11-7-22-18-23(6-10-25(22)27)26-3-2-14-30-26/h2-6,8-10,14,18,27,30H,7,11-13,15-17,19-20H2,1H3. The molecule has 176 valence electrons. The predicted molar refractivity (Wildman–Crippen MR) is 134 cm³/mol. The first kappa shape index (κ1) is 21.5. The van der Waals surface area contributed by atoms with Crippen LogP contribution in [-0.2, 0) is 17.6 Å². The Morgan fingerprint density at radius 3 is 2.59 bits per heavy atom. The number of hydrogen-bond donors (Lipinski definition) is 1. The van der Waals surface area contributed by atoms with Gasteiger partial charge in [-0.1, -0.05) is 24.3 Å². The summed E-state index contributed by atoms with van der Waals surface area (Å²) in [5, 5.41) is 0. The molecule has 2 aliphatic heterocycles. The number of aromatic amines is 1. The Hall–Kier alpha value is -3.05.